The molecule has 0 saturated carbocycles. The van der Waals surface area contributed by atoms with Gasteiger partial charge in [0.15, 0.2) is 15.8 Å². The fraction of sp³-hybridized carbons (Fsp3) is 0.533. The van der Waals surface area contributed by atoms with Crippen molar-refractivity contribution in [3.8, 4) is 0 Å². The minimum Gasteiger partial charge on any atom is -0.370 e. The van der Waals surface area contributed by atoms with Gasteiger partial charge in [0.2, 0.25) is 0 Å². The Bertz CT molecular complexity index is 629. The van der Waals surface area contributed by atoms with Crippen LogP contribution >= 0.6 is 24.0 Å². The molecule has 0 aromatic heterocycles. The number of hydrogen-bond acceptors (Lipinski definition) is 3. The fourth-order valence-electron chi connectivity index (χ4n) is 2.43. The second-order valence-corrected chi connectivity index (χ2v) is 8.16. The van der Waals surface area contributed by atoms with Crippen molar-refractivity contribution in [3.05, 3.63) is 29.8 Å². The van der Waals surface area contributed by atoms with E-state index >= 15 is 0 Å². The number of nitrogens with zero attached hydrogens (tertiary/aromatic N) is 1. The van der Waals surface area contributed by atoms with E-state index in [2.05, 4.69) is 30.2 Å². The van der Waals surface area contributed by atoms with Crippen molar-refractivity contribution in [1.29, 1.82) is 0 Å². The van der Waals surface area contributed by atoms with Gasteiger partial charge in [0.05, 0.1) is 17.5 Å². The van der Waals surface area contributed by atoms with E-state index in [1.807, 2.05) is 18.2 Å². The number of halogens is 1. The van der Waals surface area contributed by atoms with Crippen LogP contribution in [0.1, 0.15) is 38.2 Å². The maximum atomic E-state index is 11.7. The van der Waals surface area contributed by atoms with Crippen LogP contribution in [0.25, 0.3) is 0 Å². The molecule has 124 valence electrons. The Morgan fingerprint density at radius 3 is 2.77 bits per heavy atom. The Kier molecular flexibility index (Phi) is 7.11. The third-order valence-corrected chi connectivity index (χ3v) is 6.01. The van der Waals surface area contributed by atoms with Crippen LogP contribution in [0.4, 0.5) is 5.69 Å². The molecular formula is C15H24IN3O2S. The van der Waals surface area contributed by atoms with E-state index < -0.39 is 9.84 Å². The number of nitrogens with two attached hydrogens (primary N) is 1. The second-order valence-electron chi connectivity index (χ2n) is 5.76. The van der Waals surface area contributed by atoms with Crippen LogP contribution in [0, 0.1) is 0 Å². The summed E-state index contributed by atoms with van der Waals surface area (Å²) in [5.41, 5.74) is 7.93. The van der Waals surface area contributed by atoms with Crippen molar-refractivity contribution in [1.82, 2.24) is 0 Å². The van der Waals surface area contributed by atoms with Crippen LogP contribution in [0.5, 0.6) is 0 Å². The average molecular weight is 437 g/mol. The molecule has 1 aromatic carbocycles. The normalized spacial score (nSPS) is 20.7. The lowest BCUT2D eigenvalue weighted by Gasteiger charge is -2.11. The van der Waals surface area contributed by atoms with Gasteiger partial charge >= 0.3 is 0 Å². The van der Waals surface area contributed by atoms with Crippen molar-refractivity contribution in [2.45, 2.75) is 37.9 Å². The first-order valence-corrected chi connectivity index (χ1v) is 8.98. The van der Waals surface area contributed by atoms with E-state index in [9.17, 15) is 8.42 Å². The number of nitrogens with one attached hydrogen (secondary N) is 1. The lowest BCUT2D eigenvalue weighted by Crippen LogP contribution is -2.26. The standard InChI is InChI=1S/C15H23N3O2S.HI/c1-11(2)12-5-3-6-13(9-12)18-15(16)17-10-14-7-4-8-21(14,19)20;/h3,5-6,9,11,14H,4,7-8,10H2,1-2H3,(H3,16,17,18);1H. The molecule has 0 bridgehead atoms. The first-order chi connectivity index (χ1) is 9.88. The van der Waals surface area contributed by atoms with E-state index in [4.69, 9.17) is 5.73 Å². The van der Waals surface area contributed by atoms with Crippen molar-refractivity contribution in [3.63, 3.8) is 0 Å². The van der Waals surface area contributed by atoms with Crippen molar-refractivity contribution in [2.24, 2.45) is 10.7 Å². The third-order valence-electron chi connectivity index (χ3n) is 3.75. The molecule has 1 aliphatic heterocycles. The molecule has 1 atom stereocenters. The minimum absolute atomic E-state index is 0. The van der Waals surface area contributed by atoms with Gasteiger partial charge in [-0.15, -0.1) is 24.0 Å². The zero-order valence-corrected chi connectivity index (χ0v) is 16.1. The molecular weight excluding hydrogens is 413 g/mol. The molecule has 1 heterocycles. The van der Waals surface area contributed by atoms with Gasteiger partial charge in [-0.3, -0.25) is 4.99 Å². The Balaban J connectivity index is 0.00000242. The summed E-state index contributed by atoms with van der Waals surface area (Å²) in [7, 11) is -2.96. The SMILES string of the molecule is CC(C)c1cccc(NC(N)=NCC2CCCS2(=O)=O)c1.I. The third kappa shape index (κ3) is 5.12. The highest BCUT2D eigenvalue weighted by atomic mass is 127. The lowest BCUT2D eigenvalue weighted by atomic mass is 10.0. The number of anilines is 1. The molecule has 0 aliphatic carbocycles. The maximum Gasteiger partial charge on any atom is 0.193 e. The van der Waals surface area contributed by atoms with E-state index in [0.717, 1.165) is 12.1 Å². The zero-order chi connectivity index (χ0) is 15.5. The molecule has 5 nitrogen and oxygen atoms in total. The van der Waals surface area contributed by atoms with Gasteiger partial charge in [-0.2, -0.15) is 0 Å². The molecule has 1 aliphatic rings. The highest BCUT2D eigenvalue weighted by Crippen LogP contribution is 2.20. The Morgan fingerprint density at radius 2 is 2.18 bits per heavy atom. The molecule has 1 saturated heterocycles. The van der Waals surface area contributed by atoms with Crippen LogP contribution in [-0.4, -0.2) is 31.9 Å². The van der Waals surface area contributed by atoms with Gasteiger partial charge in [0, 0.05) is 5.69 Å². The zero-order valence-electron chi connectivity index (χ0n) is 13.0. The first kappa shape index (κ1) is 19.2. The summed E-state index contributed by atoms with van der Waals surface area (Å²) in [6, 6.07) is 7.97. The number of rotatable bonds is 4. The average Bonchev–Trinajstić information content (AvgIpc) is 2.75. The maximum absolute atomic E-state index is 11.7. The Labute approximate surface area is 149 Å². The molecule has 1 fully saturated rings. The monoisotopic (exact) mass is 437 g/mol. The topological polar surface area (TPSA) is 84.5 Å². The molecule has 3 N–H and O–H groups in total. The number of benzene rings is 1. The Hall–Kier alpha value is -0.830. The quantitative estimate of drug-likeness (QED) is 0.431. The van der Waals surface area contributed by atoms with Gasteiger partial charge < -0.3 is 11.1 Å². The molecule has 0 spiro atoms. The Morgan fingerprint density at radius 1 is 1.45 bits per heavy atom. The van der Waals surface area contributed by atoms with Crippen LogP contribution in [0.15, 0.2) is 29.3 Å². The van der Waals surface area contributed by atoms with Gasteiger partial charge in [-0.25, -0.2) is 8.42 Å². The molecule has 2 rings (SSSR count). The summed E-state index contributed by atoms with van der Waals surface area (Å²) in [5.74, 6) is 0.975. The van der Waals surface area contributed by atoms with Crippen LogP contribution in [0.2, 0.25) is 0 Å². The highest BCUT2D eigenvalue weighted by molar-refractivity contribution is 14.0. The molecule has 1 aromatic rings. The fourth-order valence-corrected chi connectivity index (χ4v) is 4.16. The van der Waals surface area contributed by atoms with Gasteiger partial charge in [0.1, 0.15) is 0 Å². The predicted octanol–water partition coefficient (Wildman–Crippen LogP) is 2.73. The summed E-state index contributed by atoms with van der Waals surface area (Å²) in [6.45, 7) is 4.49. The first-order valence-electron chi connectivity index (χ1n) is 7.27. The van der Waals surface area contributed by atoms with Crippen molar-refractivity contribution < 1.29 is 8.42 Å². The smallest absolute Gasteiger partial charge is 0.193 e. The minimum atomic E-state index is -2.96. The molecule has 0 radical (unpaired) electrons. The number of sulfone groups is 1. The summed E-state index contributed by atoms with van der Waals surface area (Å²) < 4.78 is 23.4. The van der Waals surface area contributed by atoms with Crippen molar-refractivity contribution >= 4 is 45.5 Å². The summed E-state index contributed by atoms with van der Waals surface area (Å²) in [5, 5.41) is 2.65. The number of hydrogen-bond donors (Lipinski definition) is 2. The summed E-state index contributed by atoms with van der Waals surface area (Å²) in [6.07, 6.45) is 1.41. The van der Waals surface area contributed by atoms with Crippen LogP contribution in [-0.2, 0) is 9.84 Å². The summed E-state index contributed by atoms with van der Waals surface area (Å²) in [4.78, 5) is 4.18. The largest absolute Gasteiger partial charge is 0.370 e. The number of guanidine groups is 1. The molecule has 7 heteroatoms. The van der Waals surface area contributed by atoms with Gasteiger partial charge in [-0.05, 0) is 36.5 Å². The van der Waals surface area contributed by atoms with Gasteiger partial charge in [-0.1, -0.05) is 26.0 Å². The summed E-state index contributed by atoms with van der Waals surface area (Å²) >= 11 is 0. The van der Waals surface area contributed by atoms with Crippen molar-refractivity contribution in [2.75, 3.05) is 17.6 Å². The van der Waals surface area contributed by atoms with Gasteiger partial charge in [0.25, 0.3) is 0 Å². The molecule has 1 unspecified atom stereocenters. The highest BCUT2D eigenvalue weighted by Gasteiger charge is 2.30. The van der Waals surface area contributed by atoms with E-state index in [1.54, 1.807) is 0 Å². The predicted molar refractivity (Wildman–Crippen MR) is 103 cm³/mol. The second kappa shape index (κ2) is 8.14. The van der Waals surface area contributed by atoms with Crippen LogP contribution < -0.4 is 11.1 Å². The van der Waals surface area contributed by atoms with Crippen LogP contribution in [0.3, 0.4) is 0 Å². The lowest BCUT2D eigenvalue weighted by molar-refractivity contribution is 0.590. The van der Waals surface area contributed by atoms with E-state index in [1.165, 1.54) is 5.56 Å². The molecule has 22 heavy (non-hydrogen) atoms. The number of aliphatic imine (C=N–C) groups is 1. The van der Waals surface area contributed by atoms with E-state index in [0.29, 0.717) is 12.3 Å². The van der Waals surface area contributed by atoms with E-state index in [-0.39, 0.29) is 47.5 Å². The molecule has 0 amide bonds.